The van der Waals surface area contributed by atoms with Crippen LogP contribution < -0.4 is 0 Å². The molecule has 1 aliphatic rings. The molecule has 0 bridgehead atoms. The summed E-state index contributed by atoms with van der Waals surface area (Å²) in [6.45, 7) is 0. The molecule has 156 valence electrons. The molecule has 0 radical (unpaired) electrons. The lowest BCUT2D eigenvalue weighted by Crippen LogP contribution is -2.07. The normalized spacial score (nSPS) is 12.9. The molecule has 0 fully saturated rings. The monoisotopic (exact) mass is 435 g/mol. The Balaban J connectivity index is 1.52. The van der Waals surface area contributed by atoms with E-state index in [1.807, 2.05) is 19.4 Å². The van der Waals surface area contributed by atoms with Gasteiger partial charge in [0.25, 0.3) is 0 Å². The van der Waals surface area contributed by atoms with Gasteiger partial charge >= 0.3 is 0 Å². The summed E-state index contributed by atoms with van der Waals surface area (Å²) < 4.78 is 29.8. The standard InChI is InChI=1S/C24H19F2N3OS/c1-29-13-16(12-27-29)15-9-8-14-4-2-7-21-23(17(14)10-15)31-24(28-21)22(30)11-18-19(25)5-3-6-20(18)26/h3,5-6,8-10,12-13H,2,4,7,11H2,1H3. The molecule has 0 N–H and O–H groups in total. The second kappa shape index (κ2) is 7.81. The van der Waals surface area contributed by atoms with Gasteiger partial charge in [0.1, 0.15) is 11.6 Å². The molecule has 4 nitrogen and oxygen atoms in total. The van der Waals surface area contributed by atoms with Crippen LogP contribution in [0.15, 0.2) is 48.8 Å². The Labute approximate surface area is 182 Å². The van der Waals surface area contributed by atoms with Crippen LogP contribution in [0.3, 0.4) is 0 Å². The van der Waals surface area contributed by atoms with Gasteiger partial charge in [0.05, 0.1) is 16.8 Å². The maximum Gasteiger partial charge on any atom is 0.195 e. The van der Waals surface area contributed by atoms with Crippen LogP contribution in [-0.4, -0.2) is 20.5 Å². The zero-order valence-electron chi connectivity index (χ0n) is 16.9. The van der Waals surface area contributed by atoms with Gasteiger partial charge in [0.2, 0.25) is 0 Å². The summed E-state index contributed by atoms with van der Waals surface area (Å²) in [6, 6.07) is 9.97. The van der Waals surface area contributed by atoms with Gasteiger partial charge in [-0.25, -0.2) is 13.8 Å². The highest BCUT2D eigenvalue weighted by Crippen LogP contribution is 2.39. The van der Waals surface area contributed by atoms with Crippen molar-refractivity contribution in [2.45, 2.75) is 25.7 Å². The van der Waals surface area contributed by atoms with Gasteiger partial charge in [-0.1, -0.05) is 18.2 Å². The molecule has 0 atom stereocenters. The third kappa shape index (κ3) is 3.70. The molecule has 0 amide bonds. The largest absolute Gasteiger partial charge is 0.291 e. The zero-order valence-corrected chi connectivity index (χ0v) is 17.7. The SMILES string of the molecule is Cn1cc(-c2ccc3c(c2)-c2sc(C(=O)Cc4c(F)cccc4F)nc2CCC3)cn1. The van der Waals surface area contributed by atoms with Crippen LogP contribution >= 0.6 is 11.3 Å². The number of carbonyl (C=O) groups excluding carboxylic acids is 1. The lowest BCUT2D eigenvalue weighted by Gasteiger charge is -2.08. The summed E-state index contributed by atoms with van der Waals surface area (Å²) in [4.78, 5) is 18.4. The van der Waals surface area contributed by atoms with E-state index < -0.39 is 11.6 Å². The summed E-state index contributed by atoms with van der Waals surface area (Å²) in [7, 11) is 1.88. The number of aromatic nitrogens is 3. The Hall–Kier alpha value is -3.19. The second-order valence-corrected chi connectivity index (χ2v) is 8.72. The first-order chi connectivity index (χ1) is 15.0. The Morgan fingerprint density at radius 3 is 2.68 bits per heavy atom. The fourth-order valence-electron chi connectivity index (χ4n) is 3.99. The Morgan fingerprint density at radius 1 is 1.13 bits per heavy atom. The molecule has 0 aliphatic heterocycles. The van der Waals surface area contributed by atoms with Gasteiger partial charge < -0.3 is 0 Å². The Kier molecular flexibility index (Phi) is 4.98. The number of aryl methyl sites for hydroxylation is 3. The molecular formula is C24H19F2N3OS. The molecule has 2 heterocycles. The fraction of sp³-hybridized carbons (Fsp3) is 0.208. The molecule has 0 spiro atoms. The molecule has 31 heavy (non-hydrogen) atoms. The molecular weight excluding hydrogens is 416 g/mol. The summed E-state index contributed by atoms with van der Waals surface area (Å²) >= 11 is 1.31. The van der Waals surface area contributed by atoms with Crippen molar-refractivity contribution in [2.75, 3.05) is 0 Å². The minimum absolute atomic E-state index is 0.211. The predicted octanol–water partition coefficient (Wildman–Crippen LogP) is 5.40. The number of hydrogen-bond acceptors (Lipinski definition) is 4. The molecule has 2 aromatic heterocycles. The maximum atomic E-state index is 14.0. The number of fused-ring (bicyclic) bond motifs is 3. The first kappa shape index (κ1) is 19.8. The van der Waals surface area contributed by atoms with E-state index in [0.717, 1.165) is 46.5 Å². The molecule has 2 aromatic carbocycles. The average molecular weight is 435 g/mol. The van der Waals surface area contributed by atoms with Crippen molar-refractivity contribution in [1.82, 2.24) is 14.8 Å². The maximum absolute atomic E-state index is 14.0. The van der Waals surface area contributed by atoms with Crippen molar-refractivity contribution in [3.05, 3.63) is 82.3 Å². The lowest BCUT2D eigenvalue weighted by atomic mass is 9.99. The molecule has 0 saturated heterocycles. The molecule has 0 unspecified atom stereocenters. The predicted molar refractivity (Wildman–Crippen MR) is 116 cm³/mol. The first-order valence-electron chi connectivity index (χ1n) is 10.1. The van der Waals surface area contributed by atoms with Crippen LogP contribution in [0.5, 0.6) is 0 Å². The molecule has 0 saturated carbocycles. The van der Waals surface area contributed by atoms with Crippen LogP contribution in [-0.2, 0) is 26.3 Å². The van der Waals surface area contributed by atoms with Gasteiger partial charge in [-0.15, -0.1) is 11.3 Å². The number of Topliss-reactive ketones (excluding diaryl/α,β-unsaturated/α-hetero) is 1. The van der Waals surface area contributed by atoms with Crippen LogP contribution in [0.4, 0.5) is 8.78 Å². The van der Waals surface area contributed by atoms with Crippen LogP contribution in [0.1, 0.15) is 33.0 Å². The molecule has 4 aromatic rings. The third-order valence-electron chi connectivity index (χ3n) is 5.59. The van der Waals surface area contributed by atoms with Gasteiger partial charge in [-0.3, -0.25) is 9.48 Å². The highest BCUT2D eigenvalue weighted by atomic mass is 32.1. The van der Waals surface area contributed by atoms with Crippen molar-refractivity contribution in [3.63, 3.8) is 0 Å². The number of nitrogens with zero attached hydrogens (tertiary/aromatic N) is 3. The summed E-state index contributed by atoms with van der Waals surface area (Å²) in [5.74, 6) is -1.79. The van der Waals surface area contributed by atoms with Crippen molar-refractivity contribution in [1.29, 1.82) is 0 Å². The highest BCUT2D eigenvalue weighted by molar-refractivity contribution is 7.17. The quantitative estimate of drug-likeness (QED) is 0.403. The summed E-state index contributed by atoms with van der Waals surface area (Å²) in [5, 5.41) is 4.55. The van der Waals surface area contributed by atoms with E-state index in [1.165, 1.54) is 35.1 Å². The number of thiazole rings is 1. The van der Waals surface area contributed by atoms with Gasteiger partial charge in [-0.2, -0.15) is 5.10 Å². The van der Waals surface area contributed by atoms with E-state index >= 15 is 0 Å². The van der Waals surface area contributed by atoms with E-state index in [1.54, 1.807) is 4.68 Å². The Morgan fingerprint density at radius 2 is 1.94 bits per heavy atom. The molecule has 7 heteroatoms. The van der Waals surface area contributed by atoms with Crippen LogP contribution in [0.2, 0.25) is 0 Å². The van der Waals surface area contributed by atoms with Crippen LogP contribution in [0.25, 0.3) is 21.6 Å². The smallest absolute Gasteiger partial charge is 0.195 e. The van der Waals surface area contributed by atoms with E-state index in [-0.39, 0.29) is 17.8 Å². The van der Waals surface area contributed by atoms with Gasteiger partial charge in [0, 0.05) is 30.8 Å². The number of carbonyl (C=O) groups is 1. The number of halogens is 2. The van der Waals surface area contributed by atoms with E-state index in [2.05, 4.69) is 28.3 Å². The fourth-order valence-corrected chi connectivity index (χ4v) is 5.09. The number of hydrogen-bond donors (Lipinski definition) is 0. The minimum atomic E-state index is -0.710. The average Bonchev–Trinajstić information content (AvgIpc) is 3.34. The van der Waals surface area contributed by atoms with Crippen molar-refractivity contribution in [2.24, 2.45) is 7.05 Å². The van der Waals surface area contributed by atoms with Crippen molar-refractivity contribution >= 4 is 17.1 Å². The van der Waals surface area contributed by atoms with E-state index in [0.29, 0.717) is 5.01 Å². The second-order valence-electron chi connectivity index (χ2n) is 7.72. The summed E-state index contributed by atoms with van der Waals surface area (Å²) in [6.07, 6.45) is 6.09. The van der Waals surface area contributed by atoms with E-state index in [9.17, 15) is 13.6 Å². The van der Waals surface area contributed by atoms with Crippen LogP contribution in [0, 0.1) is 11.6 Å². The zero-order chi connectivity index (χ0) is 21.5. The van der Waals surface area contributed by atoms with Crippen molar-refractivity contribution in [3.8, 4) is 21.6 Å². The minimum Gasteiger partial charge on any atom is -0.291 e. The van der Waals surface area contributed by atoms with E-state index in [4.69, 9.17) is 0 Å². The molecule has 1 aliphatic carbocycles. The number of benzene rings is 2. The Bertz CT molecular complexity index is 1290. The number of ketones is 1. The molecule has 5 rings (SSSR count). The van der Waals surface area contributed by atoms with Gasteiger partial charge in [0.15, 0.2) is 10.8 Å². The number of rotatable bonds is 4. The first-order valence-corrected chi connectivity index (χ1v) is 10.9. The van der Waals surface area contributed by atoms with Gasteiger partial charge in [-0.05, 0) is 54.2 Å². The highest BCUT2D eigenvalue weighted by Gasteiger charge is 2.24. The lowest BCUT2D eigenvalue weighted by molar-refractivity contribution is 0.0990. The third-order valence-corrected chi connectivity index (χ3v) is 6.76. The summed E-state index contributed by atoms with van der Waals surface area (Å²) in [5.41, 5.74) is 5.03. The van der Waals surface area contributed by atoms with Crippen molar-refractivity contribution < 1.29 is 13.6 Å². The topological polar surface area (TPSA) is 47.8 Å².